The molecule has 2 aromatic carbocycles. The van der Waals surface area contributed by atoms with Crippen molar-refractivity contribution in [1.82, 2.24) is 4.98 Å². The number of halogens is 2. The molecule has 2 heterocycles. The van der Waals surface area contributed by atoms with Crippen LogP contribution in [0.15, 0.2) is 71.3 Å². The summed E-state index contributed by atoms with van der Waals surface area (Å²) in [6, 6.07) is 20.0. The number of aromatic nitrogens is 1. The number of pyridine rings is 1. The van der Waals surface area contributed by atoms with Crippen LogP contribution in [0.4, 0.5) is 0 Å². The summed E-state index contributed by atoms with van der Waals surface area (Å²) in [5.74, 6) is -2.27. The summed E-state index contributed by atoms with van der Waals surface area (Å²) in [7, 11) is 0. The SMILES string of the molecule is N#C[C@H]1C(=O)[C@@]2(O)c3ncc(Cl)cc3O[C@@]2(c2ccc(Br)cc2)[C@@H]1c1ccccc1. The third kappa shape index (κ3) is 2.31. The van der Waals surface area contributed by atoms with E-state index in [9.17, 15) is 15.2 Å². The zero-order valence-corrected chi connectivity index (χ0v) is 17.8. The topological polar surface area (TPSA) is 83.2 Å². The molecule has 1 aliphatic carbocycles. The van der Waals surface area contributed by atoms with E-state index in [1.54, 1.807) is 12.1 Å². The van der Waals surface area contributed by atoms with Crippen LogP contribution < -0.4 is 4.74 Å². The maximum Gasteiger partial charge on any atom is 0.215 e. The lowest BCUT2D eigenvalue weighted by atomic mass is 9.72. The van der Waals surface area contributed by atoms with E-state index in [1.165, 1.54) is 12.3 Å². The predicted octanol–water partition coefficient (Wildman–Crippen LogP) is 4.48. The van der Waals surface area contributed by atoms with Crippen molar-refractivity contribution in [3.8, 4) is 11.8 Å². The number of Topliss-reactive ketones (excluding diaryl/α,β-unsaturated/α-hetero) is 1. The summed E-state index contributed by atoms with van der Waals surface area (Å²) in [5.41, 5.74) is -2.33. The predicted molar refractivity (Wildman–Crippen MR) is 113 cm³/mol. The number of benzene rings is 2. The molecule has 5 rings (SSSR count). The third-order valence-electron chi connectivity index (χ3n) is 5.95. The molecule has 5 nitrogen and oxygen atoms in total. The molecule has 30 heavy (non-hydrogen) atoms. The molecule has 2 aliphatic rings. The van der Waals surface area contributed by atoms with Crippen molar-refractivity contribution in [2.24, 2.45) is 5.92 Å². The number of ether oxygens (including phenoxy) is 1. The van der Waals surface area contributed by atoms with Crippen LogP contribution in [-0.2, 0) is 16.0 Å². The molecular formula is C23H14BrClN2O3. The Balaban J connectivity index is 1.87. The van der Waals surface area contributed by atoms with E-state index in [0.29, 0.717) is 10.6 Å². The van der Waals surface area contributed by atoms with Crippen molar-refractivity contribution in [3.63, 3.8) is 0 Å². The maximum atomic E-state index is 13.6. The van der Waals surface area contributed by atoms with Crippen molar-refractivity contribution in [2.45, 2.75) is 17.1 Å². The number of rotatable bonds is 2. The molecule has 1 saturated carbocycles. The van der Waals surface area contributed by atoms with E-state index in [0.717, 1.165) is 10.0 Å². The molecule has 3 aromatic rings. The first kappa shape index (κ1) is 19.3. The second-order valence-electron chi connectivity index (χ2n) is 7.41. The molecule has 148 valence electrons. The first-order chi connectivity index (χ1) is 14.4. The number of ketones is 1. The first-order valence-corrected chi connectivity index (χ1v) is 10.4. The summed E-state index contributed by atoms with van der Waals surface area (Å²) in [6.45, 7) is 0. The molecule has 7 heteroatoms. The molecule has 0 amide bonds. The molecule has 1 aromatic heterocycles. The summed E-state index contributed by atoms with van der Waals surface area (Å²) in [5, 5.41) is 22.3. The number of carbonyl (C=O) groups is 1. The van der Waals surface area contributed by atoms with Crippen LogP contribution in [0.5, 0.6) is 5.75 Å². The quantitative estimate of drug-likeness (QED) is 0.583. The number of fused-ring (bicyclic) bond motifs is 3. The molecular weight excluding hydrogens is 468 g/mol. The summed E-state index contributed by atoms with van der Waals surface area (Å²) < 4.78 is 7.25. The Labute approximate surface area is 186 Å². The molecule has 1 fully saturated rings. The second kappa shape index (κ2) is 6.64. The minimum atomic E-state index is -2.14. The smallest absolute Gasteiger partial charge is 0.215 e. The number of aliphatic hydroxyl groups is 1. The molecule has 0 spiro atoms. The van der Waals surface area contributed by atoms with Crippen LogP contribution in [0.25, 0.3) is 0 Å². The molecule has 0 saturated heterocycles. The largest absolute Gasteiger partial charge is 0.476 e. The van der Waals surface area contributed by atoms with Crippen LogP contribution in [0, 0.1) is 17.2 Å². The van der Waals surface area contributed by atoms with Crippen molar-refractivity contribution in [2.75, 3.05) is 0 Å². The van der Waals surface area contributed by atoms with Crippen LogP contribution in [-0.4, -0.2) is 15.9 Å². The fraction of sp³-hybridized carbons (Fsp3) is 0.174. The van der Waals surface area contributed by atoms with E-state index >= 15 is 0 Å². The minimum absolute atomic E-state index is 0.0819. The number of nitrogens with zero attached hydrogens (tertiary/aromatic N) is 2. The number of hydrogen-bond donors (Lipinski definition) is 1. The number of hydrogen-bond acceptors (Lipinski definition) is 5. The van der Waals surface area contributed by atoms with Gasteiger partial charge in [0.15, 0.2) is 11.4 Å². The lowest BCUT2D eigenvalue weighted by molar-refractivity contribution is -0.152. The minimum Gasteiger partial charge on any atom is -0.476 e. The molecule has 0 radical (unpaired) electrons. The summed E-state index contributed by atoms with van der Waals surface area (Å²) in [4.78, 5) is 17.8. The highest BCUT2D eigenvalue weighted by Gasteiger charge is 2.77. The second-order valence-corrected chi connectivity index (χ2v) is 8.77. The molecule has 1 aliphatic heterocycles. The third-order valence-corrected chi connectivity index (χ3v) is 6.69. The van der Waals surface area contributed by atoms with Crippen LogP contribution in [0.1, 0.15) is 22.7 Å². The van der Waals surface area contributed by atoms with Gasteiger partial charge in [-0.15, -0.1) is 0 Å². The number of carbonyl (C=O) groups excluding carboxylic acids is 1. The van der Waals surface area contributed by atoms with Crippen molar-refractivity contribution in [1.29, 1.82) is 5.26 Å². The van der Waals surface area contributed by atoms with Gasteiger partial charge in [-0.25, -0.2) is 0 Å². The van der Waals surface area contributed by atoms with Crippen LogP contribution in [0.2, 0.25) is 5.02 Å². The highest BCUT2D eigenvalue weighted by atomic mass is 79.9. The van der Waals surface area contributed by atoms with Crippen molar-refractivity contribution >= 4 is 33.3 Å². The molecule has 4 atom stereocenters. The van der Waals surface area contributed by atoms with E-state index in [2.05, 4.69) is 27.0 Å². The molecule has 1 N–H and O–H groups in total. The van der Waals surface area contributed by atoms with Crippen molar-refractivity contribution in [3.05, 3.63) is 93.2 Å². The highest BCUT2D eigenvalue weighted by Crippen LogP contribution is 2.66. The van der Waals surface area contributed by atoms with Gasteiger partial charge in [0.05, 0.1) is 17.0 Å². The van der Waals surface area contributed by atoms with Gasteiger partial charge in [-0.05, 0) is 23.3 Å². The van der Waals surface area contributed by atoms with Gasteiger partial charge in [0.2, 0.25) is 5.60 Å². The number of nitriles is 1. The van der Waals surface area contributed by atoms with Gasteiger partial charge in [-0.2, -0.15) is 5.26 Å². The van der Waals surface area contributed by atoms with Gasteiger partial charge >= 0.3 is 0 Å². The Morgan fingerprint density at radius 1 is 1.17 bits per heavy atom. The monoisotopic (exact) mass is 480 g/mol. The van der Waals surface area contributed by atoms with E-state index < -0.39 is 28.8 Å². The average molecular weight is 482 g/mol. The lowest BCUT2D eigenvalue weighted by Crippen LogP contribution is -2.51. The Bertz CT molecular complexity index is 1210. The zero-order valence-electron chi connectivity index (χ0n) is 15.4. The summed E-state index contributed by atoms with van der Waals surface area (Å²) >= 11 is 9.54. The molecule has 0 bridgehead atoms. The first-order valence-electron chi connectivity index (χ1n) is 9.26. The van der Waals surface area contributed by atoms with Gasteiger partial charge in [-0.1, -0.05) is 70.0 Å². The van der Waals surface area contributed by atoms with E-state index in [1.807, 2.05) is 42.5 Å². The fourth-order valence-electron chi connectivity index (χ4n) is 4.76. The average Bonchev–Trinajstić information content (AvgIpc) is 3.12. The van der Waals surface area contributed by atoms with Crippen LogP contribution >= 0.6 is 27.5 Å². The Morgan fingerprint density at radius 2 is 1.87 bits per heavy atom. The fourth-order valence-corrected chi connectivity index (χ4v) is 5.17. The summed E-state index contributed by atoms with van der Waals surface area (Å²) in [6.07, 6.45) is 1.36. The Kier molecular flexibility index (Phi) is 4.26. The lowest BCUT2D eigenvalue weighted by Gasteiger charge is -2.38. The standard InChI is InChI=1S/C23H14BrClN2O3/c24-15-8-6-14(7-9-15)23-19(13-4-2-1-3-5-13)17(11-26)21(28)22(23,29)20-18(30-23)10-16(25)12-27-20/h1-10,12,17,19,29H/t17-,19-,22+,23+/m1/s1. The molecule has 0 unspecified atom stereocenters. The van der Waals surface area contributed by atoms with Crippen molar-refractivity contribution < 1.29 is 14.6 Å². The van der Waals surface area contributed by atoms with E-state index in [-0.39, 0.29) is 11.4 Å². The Morgan fingerprint density at radius 3 is 2.53 bits per heavy atom. The van der Waals surface area contributed by atoms with E-state index in [4.69, 9.17) is 16.3 Å². The van der Waals surface area contributed by atoms with Gasteiger partial charge < -0.3 is 9.84 Å². The zero-order chi connectivity index (χ0) is 21.1. The van der Waals surface area contributed by atoms with Gasteiger partial charge in [0.25, 0.3) is 0 Å². The highest BCUT2D eigenvalue weighted by molar-refractivity contribution is 9.10. The maximum absolute atomic E-state index is 13.6. The van der Waals surface area contributed by atoms with Crippen LogP contribution in [0.3, 0.4) is 0 Å². The van der Waals surface area contributed by atoms with Gasteiger partial charge in [-0.3, -0.25) is 9.78 Å². The normalized spacial score (nSPS) is 29.1. The van der Waals surface area contributed by atoms with Gasteiger partial charge in [0, 0.05) is 16.7 Å². The van der Waals surface area contributed by atoms with Gasteiger partial charge in [0.1, 0.15) is 17.4 Å². The Hall–Kier alpha value is -2.72.